The molecule has 1 aromatic heterocycles. The van der Waals surface area contributed by atoms with Crippen molar-refractivity contribution in [2.24, 2.45) is 0 Å². The van der Waals surface area contributed by atoms with E-state index in [-0.39, 0.29) is 5.91 Å². The smallest absolute Gasteiger partial charge is 0.255 e. The third kappa shape index (κ3) is 4.38. The molecular formula is C21H27N3O. The average molecular weight is 337 g/mol. The van der Waals surface area contributed by atoms with Crippen LogP contribution < -0.4 is 4.90 Å². The number of hydrogen-bond donors (Lipinski definition) is 0. The van der Waals surface area contributed by atoms with Gasteiger partial charge < -0.3 is 9.80 Å². The van der Waals surface area contributed by atoms with Crippen molar-refractivity contribution in [1.29, 1.82) is 0 Å². The molecular weight excluding hydrogens is 310 g/mol. The number of aromatic nitrogens is 1. The maximum atomic E-state index is 12.8. The Hall–Kier alpha value is -2.36. The first kappa shape index (κ1) is 17.5. The van der Waals surface area contributed by atoms with Crippen molar-refractivity contribution in [1.82, 2.24) is 9.88 Å². The van der Waals surface area contributed by atoms with Crippen LogP contribution in [0.4, 0.5) is 5.69 Å². The van der Waals surface area contributed by atoms with Gasteiger partial charge in [-0.05, 0) is 44.7 Å². The van der Waals surface area contributed by atoms with E-state index in [2.05, 4.69) is 48.0 Å². The number of carbonyl (C=O) groups is 1. The van der Waals surface area contributed by atoms with E-state index in [0.717, 1.165) is 38.2 Å². The van der Waals surface area contributed by atoms with E-state index in [9.17, 15) is 4.79 Å². The second-order valence-corrected chi connectivity index (χ2v) is 6.99. The molecule has 1 aliphatic rings. The van der Waals surface area contributed by atoms with Gasteiger partial charge >= 0.3 is 0 Å². The summed E-state index contributed by atoms with van der Waals surface area (Å²) in [6, 6.07) is 12.7. The highest BCUT2D eigenvalue weighted by molar-refractivity contribution is 5.94. The van der Waals surface area contributed by atoms with Crippen LogP contribution in [0.3, 0.4) is 0 Å². The normalized spacial score (nSPS) is 14.6. The highest BCUT2D eigenvalue weighted by Crippen LogP contribution is 2.22. The number of carbonyl (C=O) groups excluding carboxylic acids is 1. The summed E-state index contributed by atoms with van der Waals surface area (Å²) in [5, 5.41) is 0. The summed E-state index contributed by atoms with van der Waals surface area (Å²) >= 11 is 0. The fraction of sp³-hybridized carbons (Fsp3) is 0.429. The van der Waals surface area contributed by atoms with Crippen LogP contribution in [0, 0.1) is 0 Å². The number of piperidine rings is 1. The Morgan fingerprint density at radius 2 is 1.84 bits per heavy atom. The summed E-state index contributed by atoms with van der Waals surface area (Å²) in [4.78, 5) is 21.4. The second kappa shape index (κ2) is 8.15. The first-order chi connectivity index (χ1) is 12.1. The van der Waals surface area contributed by atoms with Crippen molar-refractivity contribution in [2.75, 3.05) is 18.0 Å². The lowest BCUT2D eigenvalue weighted by molar-refractivity contribution is 0.0724. The average Bonchev–Trinajstić information content (AvgIpc) is 2.67. The monoisotopic (exact) mass is 337 g/mol. The van der Waals surface area contributed by atoms with Gasteiger partial charge in [0.05, 0.1) is 17.4 Å². The molecule has 0 atom stereocenters. The largest absolute Gasteiger partial charge is 0.364 e. The van der Waals surface area contributed by atoms with Gasteiger partial charge in [-0.2, -0.15) is 0 Å². The molecule has 1 fully saturated rings. The van der Waals surface area contributed by atoms with Gasteiger partial charge in [0.15, 0.2) is 0 Å². The van der Waals surface area contributed by atoms with E-state index in [4.69, 9.17) is 0 Å². The topological polar surface area (TPSA) is 36.4 Å². The van der Waals surface area contributed by atoms with E-state index in [1.807, 2.05) is 23.2 Å². The minimum Gasteiger partial charge on any atom is -0.364 e. The van der Waals surface area contributed by atoms with Gasteiger partial charge in [0.2, 0.25) is 0 Å². The van der Waals surface area contributed by atoms with Crippen LogP contribution in [0.2, 0.25) is 0 Å². The Labute approximate surface area is 150 Å². The van der Waals surface area contributed by atoms with Gasteiger partial charge in [-0.15, -0.1) is 0 Å². The van der Waals surface area contributed by atoms with Gasteiger partial charge in [-0.1, -0.05) is 30.3 Å². The van der Waals surface area contributed by atoms with E-state index < -0.39 is 0 Å². The Bertz CT molecular complexity index is 693. The number of benzene rings is 1. The molecule has 1 saturated heterocycles. The molecule has 25 heavy (non-hydrogen) atoms. The fourth-order valence-corrected chi connectivity index (χ4v) is 3.33. The molecule has 2 heterocycles. The van der Waals surface area contributed by atoms with Gasteiger partial charge in [0.1, 0.15) is 0 Å². The SMILES string of the molecule is CC(C)N(Cc1ccccc1)c1cncc(C(=O)N2CCCCC2)c1. The summed E-state index contributed by atoms with van der Waals surface area (Å²) in [6.07, 6.45) is 6.98. The zero-order valence-electron chi connectivity index (χ0n) is 15.2. The molecule has 4 nitrogen and oxygen atoms in total. The van der Waals surface area contributed by atoms with Gasteiger partial charge in [-0.3, -0.25) is 9.78 Å². The van der Waals surface area contributed by atoms with Crippen molar-refractivity contribution >= 4 is 11.6 Å². The van der Waals surface area contributed by atoms with Crippen LogP contribution in [0.25, 0.3) is 0 Å². The second-order valence-electron chi connectivity index (χ2n) is 6.99. The summed E-state index contributed by atoms with van der Waals surface area (Å²) < 4.78 is 0. The van der Waals surface area contributed by atoms with E-state index in [0.29, 0.717) is 11.6 Å². The number of rotatable bonds is 5. The predicted octanol–water partition coefficient (Wildman–Crippen LogP) is 4.12. The minimum absolute atomic E-state index is 0.109. The number of anilines is 1. The maximum absolute atomic E-state index is 12.8. The molecule has 0 unspecified atom stereocenters. The third-order valence-electron chi connectivity index (χ3n) is 4.76. The molecule has 4 heteroatoms. The number of pyridine rings is 1. The molecule has 132 valence electrons. The molecule has 0 N–H and O–H groups in total. The van der Waals surface area contributed by atoms with Gasteiger partial charge in [0, 0.05) is 31.9 Å². The van der Waals surface area contributed by atoms with Gasteiger partial charge in [0.25, 0.3) is 5.91 Å². The molecule has 3 rings (SSSR count). The molecule has 2 aromatic rings. The van der Waals surface area contributed by atoms with Crippen LogP contribution in [-0.2, 0) is 6.54 Å². The lowest BCUT2D eigenvalue weighted by atomic mass is 10.1. The van der Waals surface area contributed by atoms with Gasteiger partial charge in [-0.25, -0.2) is 0 Å². The molecule has 0 saturated carbocycles. The van der Waals surface area contributed by atoms with E-state index in [1.165, 1.54) is 12.0 Å². The van der Waals surface area contributed by atoms with Crippen molar-refractivity contribution in [2.45, 2.75) is 45.7 Å². The Kier molecular flexibility index (Phi) is 5.69. The van der Waals surface area contributed by atoms with E-state index in [1.54, 1.807) is 6.20 Å². The van der Waals surface area contributed by atoms with Crippen LogP contribution in [0.5, 0.6) is 0 Å². The lowest BCUT2D eigenvalue weighted by Gasteiger charge is -2.30. The highest BCUT2D eigenvalue weighted by atomic mass is 16.2. The van der Waals surface area contributed by atoms with Crippen molar-refractivity contribution < 1.29 is 4.79 Å². The quantitative estimate of drug-likeness (QED) is 0.823. The van der Waals surface area contributed by atoms with Crippen LogP contribution in [0.1, 0.15) is 49.0 Å². The van der Waals surface area contributed by atoms with Crippen molar-refractivity contribution in [3.8, 4) is 0 Å². The standard InChI is InChI=1S/C21H27N3O/c1-17(2)24(16-18-9-5-3-6-10-18)20-13-19(14-22-15-20)21(25)23-11-7-4-8-12-23/h3,5-6,9-10,13-15,17H,4,7-8,11-12,16H2,1-2H3. The Balaban J connectivity index is 1.81. The molecule has 0 spiro atoms. The lowest BCUT2D eigenvalue weighted by Crippen LogP contribution is -2.36. The summed E-state index contributed by atoms with van der Waals surface area (Å²) in [6.45, 7) is 6.87. The summed E-state index contributed by atoms with van der Waals surface area (Å²) in [7, 11) is 0. The molecule has 1 aliphatic heterocycles. The van der Waals surface area contributed by atoms with Crippen LogP contribution in [-0.4, -0.2) is 34.9 Å². The first-order valence-corrected chi connectivity index (χ1v) is 9.20. The molecule has 1 aromatic carbocycles. The molecule has 0 aliphatic carbocycles. The Morgan fingerprint density at radius 1 is 1.12 bits per heavy atom. The van der Waals surface area contributed by atoms with E-state index >= 15 is 0 Å². The van der Waals surface area contributed by atoms with Crippen molar-refractivity contribution in [3.63, 3.8) is 0 Å². The number of hydrogen-bond acceptors (Lipinski definition) is 3. The van der Waals surface area contributed by atoms with Crippen molar-refractivity contribution in [3.05, 3.63) is 59.9 Å². The highest BCUT2D eigenvalue weighted by Gasteiger charge is 2.20. The third-order valence-corrected chi connectivity index (χ3v) is 4.76. The predicted molar refractivity (Wildman–Crippen MR) is 102 cm³/mol. The molecule has 0 bridgehead atoms. The zero-order valence-corrected chi connectivity index (χ0v) is 15.2. The number of nitrogens with zero attached hydrogens (tertiary/aromatic N) is 3. The van der Waals surface area contributed by atoms with Crippen LogP contribution in [0.15, 0.2) is 48.8 Å². The summed E-state index contributed by atoms with van der Waals surface area (Å²) in [5.74, 6) is 0.109. The number of likely N-dealkylation sites (tertiary alicyclic amines) is 1. The number of amides is 1. The molecule has 0 radical (unpaired) electrons. The summed E-state index contributed by atoms with van der Waals surface area (Å²) in [5.41, 5.74) is 2.95. The first-order valence-electron chi connectivity index (χ1n) is 9.20. The van der Waals surface area contributed by atoms with Crippen LogP contribution >= 0.6 is 0 Å². The maximum Gasteiger partial charge on any atom is 0.255 e. The molecule has 1 amide bonds. The fourth-order valence-electron chi connectivity index (χ4n) is 3.33. The zero-order chi connectivity index (χ0) is 17.6. The Morgan fingerprint density at radius 3 is 2.52 bits per heavy atom. The minimum atomic E-state index is 0.109.